The number of carboxylic acids is 1. The van der Waals surface area contributed by atoms with Crippen molar-refractivity contribution < 1.29 is 14.7 Å². The molecule has 150 valence electrons. The van der Waals surface area contributed by atoms with Crippen LogP contribution in [0.5, 0.6) is 0 Å². The molecule has 0 aromatic heterocycles. The first kappa shape index (κ1) is 21.9. The van der Waals surface area contributed by atoms with Crippen molar-refractivity contribution in [3.05, 3.63) is 71.8 Å². The molecule has 0 spiro atoms. The zero-order chi connectivity index (χ0) is 18.9. The van der Waals surface area contributed by atoms with E-state index in [2.05, 4.69) is 22.2 Å². The number of carbonyl (C=O) groups is 1. The van der Waals surface area contributed by atoms with Crippen molar-refractivity contribution in [2.45, 2.75) is 19.3 Å². The van der Waals surface area contributed by atoms with Crippen LogP contribution in [0.4, 0.5) is 0 Å². The van der Waals surface area contributed by atoms with Gasteiger partial charge in [0, 0.05) is 19.5 Å². The molecule has 0 saturated carbocycles. The minimum atomic E-state index is -0.701. The molecule has 1 N–H and O–H groups in total. The van der Waals surface area contributed by atoms with Crippen molar-refractivity contribution in [1.82, 2.24) is 4.90 Å². The predicted molar refractivity (Wildman–Crippen MR) is 113 cm³/mol. The summed E-state index contributed by atoms with van der Waals surface area (Å²) in [6.45, 7) is 2.67. The van der Waals surface area contributed by atoms with E-state index in [1.54, 1.807) is 0 Å². The number of hydrogen-bond acceptors (Lipinski definition) is 4. The number of nitrogens with zero attached hydrogens (tertiary/aromatic N) is 2. The van der Waals surface area contributed by atoms with Crippen LogP contribution in [0.3, 0.4) is 0 Å². The average molecular weight is 403 g/mol. The molecule has 1 atom stereocenters. The SMILES string of the molecule is Cl.O=C(O)[C@@H]1CCCN(CCO/N=C(/Cc2ccccc2)c2ccccc2)C1. The van der Waals surface area contributed by atoms with Gasteiger partial charge in [-0.15, -0.1) is 12.4 Å². The van der Waals surface area contributed by atoms with Crippen molar-refractivity contribution >= 4 is 24.1 Å². The normalized spacial score (nSPS) is 17.6. The molecule has 0 unspecified atom stereocenters. The Morgan fingerprint density at radius 3 is 2.46 bits per heavy atom. The summed E-state index contributed by atoms with van der Waals surface area (Å²) in [7, 11) is 0. The summed E-state index contributed by atoms with van der Waals surface area (Å²) in [6.07, 6.45) is 2.39. The number of carboxylic acid groups (broad SMARTS) is 1. The summed E-state index contributed by atoms with van der Waals surface area (Å²) in [4.78, 5) is 18.9. The first-order chi connectivity index (χ1) is 13.2. The minimum Gasteiger partial charge on any atom is -0.481 e. The molecule has 5 nitrogen and oxygen atoms in total. The maximum atomic E-state index is 11.2. The molecule has 1 aliphatic rings. The Bertz CT molecular complexity index is 753. The zero-order valence-corrected chi connectivity index (χ0v) is 16.7. The third kappa shape index (κ3) is 6.66. The van der Waals surface area contributed by atoms with Crippen LogP contribution in [0.25, 0.3) is 0 Å². The van der Waals surface area contributed by atoms with Gasteiger partial charge in [0.05, 0.1) is 11.6 Å². The van der Waals surface area contributed by atoms with Crippen LogP contribution >= 0.6 is 12.4 Å². The van der Waals surface area contributed by atoms with Crippen molar-refractivity contribution in [2.75, 3.05) is 26.2 Å². The van der Waals surface area contributed by atoms with Gasteiger partial charge in [-0.25, -0.2) is 0 Å². The summed E-state index contributed by atoms with van der Waals surface area (Å²) in [5, 5.41) is 13.6. The largest absolute Gasteiger partial charge is 0.481 e. The number of likely N-dealkylation sites (tertiary alicyclic amines) is 1. The highest BCUT2D eigenvalue weighted by Gasteiger charge is 2.24. The molecule has 0 amide bonds. The van der Waals surface area contributed by atoms with E-state index in [1.807, 2.05) is 48.5 Å². The van der Waals surface area contributed by atoms with Crippen LogP contribution in [0, 0.1) is 5.92 Å². The lowest BCUT2D eigenvalue weighted by atomic mass is 9.98. The van der Waals surface area contributed by atoms with E-state index in [-0.39, 0.29) is 18.3 Å². The number of oxime groups is 1. The van der Waals surface area contributed by atoms with Crippen LogP contribution < -0.4 is 0 Å². The van der Waals surface area contributed by atoms with E-state index in [4.69, 9.17) is 4.84 Å². The number of rotatable bonds is 8. The third-order valence-electron chi connectivity index (χ3n) is 4.85. The van der Waals surface area contributed by atoms with Gasteiger partial charge >= 0.3 is 5.97 Å². The van der Waals surface area contributed by atoms with E-state index in [0.29, 0.717) is 26.1 Å². The quantitative estimate of drug-likeness (QED) is 0.413. The van der Waals surface area contributed by atoms with Gasteiger partial charge in [0.15, 0.2) is 0 Å². The topological polar surface area (TPSA) is 62.1 Å². The molecule has 6 heteroatoms. The fourth-order valence-corrected chi connectivity index (χ4v) is 3.36. The molecule has 2 aromatic carbocycles. The second kappa shape index (κ2) is 11.5. The van der Waals surface area contributed by atoms with Gasteiger partial charge in [0.1, 0.15) is 6.61 Å². The van der Waals surface area contributed by atoms with Gasteiger partial charge in [-0.2, -0.15) is 0 Å². The lowest BCUT2D eigenvalue weighted by Crippen LogP contribution is -2.40. The molecular formula is C22H27ClN2O3. The maximum Gasteiger partial charge on any atom is 0.307 e. The highest BCUT2D eigenvalue weighted by molar-refractivity contribution is 6.01. The molecule has 1 heterocycles. The second-order valence-electron chi connectivity index (χ2n) is 6.88. The Labute approximate surface area is 172 Å². The van der Waals surface area contributed by atoms with Crippen molar-refractivity contribution in [2.24, 2.45) is 11.1 Å². The Kier molecular flexibility index (Phi) is 8.98. The van der Waals surface area contributed by atoms with E-state index in [0.717, 1.165) is 30.7 Å². The second-order valence-corrected chi connectivity index (χ2v) is 6.88. The van der Waals surface area contributed by atoms with Crippen molar-refractivity contribution in [1.29, 1.82) is 0 Å². The number of benzene rings is 2. The molecule has 3 rings (SSSR count). The fourth-order valence-electron chi connectivity index (χ4n) is 3.36. The lowest BCUT2D eigenvalue weighted by Gasteiger charge is -2.29. The van der Waals surface area contributed by atoms with Gasteiger partial charge in [-0.05, 0) is 30.5 Å². The monoisotopic (exact) mass is 402 g/mol. The van der Waals surface area contributed by atoms with Gasteiger partial charge < -0.3 is 9.94 Å². The summed E-state index contributed by atoms with van der Waals surface area (Å²) < 4.78 is 0. The number of hydrogen-bond donors (Lipinski definition) is 1. The predicted octanol–water partition coefficient (Wildman–Crippen LogP) is 3.87. The van der Waals surface area contributed by atoms with Gasteiger partial charge in [-0.3, -0.25) is 9.69 Å². The molecule has 1 aliphatic heterocycles. The van der Waals surface area contributed by atoms with E-state index in [1.165, 1.54) is 5.56 Å². The molecule has 2 aromatic rings. The van der Waals surface area contributed by atoms with Crippen LogP contribution in [-0.4, -0.2) is 47.9 Å². The summed E-state index contributed by atoms with van der Waals surface area (Å²) in [5.74, 6) is -0.965. The number of halogens is 1. The molecule has 1 saturated heterocycles. The molecule has 28 heavy (non-hydrogen) atoms. The molecule has 1 fully saturated rings. The van der Waals surface area contributed by atoms with Gasteiger partial charge in [-0.1, -0.05) is 65.8 Å². The third-order valence-corrected chi connectivity index (χ3v) is 4.85. The fraction of sp³-hybridized carbons (Fsp3) is 0.364. The first-order valence-corrected chi connectivity index (χ1v) is 9.45. The smallest absolute Gasteiger partial charge is 0.307 e. The Hall–Kier alpha value is -2.37. The van der Waals surface area contributed by atoms with Crippen molar-refractivity contribution in [3.63, 3.8) is 0 Å². The average Bonchev–Trinajstić information content (AvgIpc) is 2.72. The lowest BCUT2D eigenvalue weighted by molar-refractivity contribution is -0.143. The first-order valence-electron chi connectivity index (χ1n) is 9.45. The van der Waals surface area contributed by atoms with Crippen molar-refractivity contribution in [3.8, 4) is 0 Å². The van der Waals surface area contributed by atoms with Crippen LogP contribution in [0.2, 0.25) is 0 Å². The zero-order valence-electron chi connectivity index (χ0n) is 15.9. The highest BCUT2D eigenvalue weighted by atomic mass is 35.5. The molecule has 0 radical (unpaired) electrons. The summed E-state index contributed by atoms with van der Waals surface area (Å²) in [6, 6.07) is 20.3. The van der Waals surface area contributed by atoms with Gasteiger partial charge in [0.2, 0.25) is 0 Å². The number of piperidine rings is 1. The summed E-state index contributed by atoms with van der Waals surface area (Å²) >= 11 is 0. The number of aliphatic carboxylic acids is 1. The molecular weight excluding hydrogens is 376 g/mol. The van der Waals surface area contributed by atoms with E-state index < -0.39 is 5.97 Å². The van der Waals surface area contributed by atoms with E-state index >= 15 is 0 Å². The van der Waals surface area contributed by atoms with Crippen LogP contribution in [0.1, 0.15) is 24.0 Å². The summed E-state index contributed by atoms with van der Waals surface area (Å²) in [5.41, 5.74) is 3.12. The maximum absolute atomic E-state index is 11.2. The Morgan fingerprint density at radius 2 is 1.79 bits per heavy atom. The van der Waals surface area contributed by atoms with Crippen LogP contribution in [-0.2, 0) is 16.1 Å². The van der Waals surface area contributed by atoms with E-state index in [9.17, 15) is 9.90 Å². The minimum absolute atomic E-state index is 0. The Morgan fingerprint density at radius 1 is 1.11 bits per heavy atom. The molecule has 0 bridgehead atoms. The van der Waals surface area contributed by atoms with Gasteiger partial charge in [0.25, 0.3) is 0 Å². The Balaban J connectivity index is 0.00000280. The molecule has 0 aliphatic carbocycles. The van der Waals surface area contributed by atoms with Crippen LogP contribution in [0.15, 0.2) is 65.8 Å². The standard InChI is InChI=1S/C22H26N2O3.ClH/c25-22(26)20-12-7-13-24(17-20)14-15-27-23-21(19-10-5-2-6-11-19)16-18-8-3-1-4-9-18;/h1-6,8-11,20H,7,12-17H2,(H,25,26);1H/b23-21-;/t20-;/m1./s1. The highest BCUT2D eigenvalue weighted by Crippen LogP contribution is 2.16.